The Morgan fingerprint density at radius 2 is 1.95 bits per heavy atom. The molecule has 7 heteroatoms. The van der Waals surface area contributed by atoms with Gasteiger partial charge in [-0.3, -0.25) is 4.72 Å². The number of nitrogens with one attached hydrogen (secondary N) is 2. The molecule has 1 heterocycles. The summed E-state index contributed by atoms with van der Waals surface area (Å²) in [5.41, 5.74) is 4.63. The molecule has 20 heavy (non-hydrogen) atoms. The molecule has 2 rings (SSSR count). The summed E-state index contributed by atoms with van der Waals surface area (Å²) in [6, 6.07) is 8.54. The number of aryl methyl sites for hydroxylation is 2. The average Bonchev–Trinajstić information content (AvgIpc) is 2.42. The van der Waals surface area contributed by atoms with Gasteiger partial charge >= 0.3 is 0 Å². The number of benzene rings is 1. The van der Waals surface area contributed by atoms with E-state index in [0.717, 1.165) is 11.1 Å². The van der Waals surface area contributed by atoms with Crippen LogP contribution in [0.1, 0.15) is 11.1 Å². The number of pyridine rings is 1. The van der Waals surface area contributed by atoms with Gasteiger partial charge in [-0.2, -0.15) is 0 Å². The molecule has 0 amide bonds. The molecule has 0 aliphatic carbocycles. The fourth-order valence-electron chi connectivity index (χ4n) is 1.76. The van der Waals surface area contributed by atoms with E-state index in [1.165, 1.54) is 12.3 Å². The second-order valence-corrected chi connectivity index (χ2v) is 6.07. The van der Waals surface area contributed by atoms with E-state index in [4.69, 9.17) is 5.84 Å². The number of nitrogen functional groups attached to an aromatic ring is 1. The fourth-order valence-corrected chi connectivity index (χ4v) is 3.00. The van der Waals surface area contributed by atoms with Gasteiger partial charge in [0.25, 0.3) is 10.0 Å². The first-order chi connectivity index (χ1) is 9.44. The Hall–Kier alpha value is -2.12. The first kappa shape index (κ1) is 14.3. The van der Waals surface area contributed by atoms with Crippen LogP contribution < -0.4 is 16.0 Å². The molecule has 2 aromatic rings. The minimum atomic E-state index is -3.75. The highest BCUT2D eigenvalue weighted by molar-refractivity contribution is 7.92. The molecular formula is C13H16N4O2S. The third-order valence-corrected chi connectivity index (χ3v) is 4.23. The summed E-state index contributed by atoms with van der Waals surface area (Å²) < 4.78 is 27.4. The molecule has 1 aromatic heterocycles. The smallest absolute Gasteiger partial charge is 0.265 e. The Balaban J connectivity index is 2.43. The number of rotatable bonds is 4. The van der Waals surface area contributed by atoms with Crippen molar-refractivity contribution in [3.8, 4) is 0 Å². The Morgan fingerprint density at radius 1 is 1.20 bits per heavy atom. The van der Waals surface area contributed by atoms with Crippen molar-refractivity contribution in [2.45, 2.75) is 18.7 Å². The predicted octanol–water partition coefficient (Wildman–Crippen LogP) is 1.78. The van der Waals surface area contributed by atoms with Crippen LogP contribution in [-0.2, 0) is 10.0 Å². The van der Waals surface area contributed by atoms with Gasteiger partial charge < -0.3 is 5.43 Å². The normalized spacial score (nSPS) is 11.2. The number of aromatic nitrogens is 1. The Morgan fingerprint density at radius 3 is 2.65 bits per heavy atom. The molecule has 0 spiro atoms. The molecule has 0 aliphatic heterocycles. The maximum Gasteiger partial charge on any atom is 0.265 e. The first-order valence-electron chi connectivity index (χ1n) is 5.96. The molecular weight excluding hydrogens is 276 g/mol. The van der Waals surface area contributed by atoms with Crippen molar-refractivity contribution >= 4 is 21.5 Å². The summed E-state index contributed by atoms with van der Waals surface area (Å²) in [6.07, 6.45) is 1.46. The monoisotopic (exact) mass is 292 g/mol. The van der Waals surface area contributed by atoms with Gasteiger partial charge in [0, 0.05) is 6.20 Å². The predicted molar refractivity (Wildman–Crippen MR) is 78.8 cm³/mol. The maximum atomic E-state index is 12.4. The first-order valence-corrected chi connectivity index (χ1v) is 7.44. The number of sulfonamides is 1. The van der Waals surface area contributed by atoms with Gasteiger partial charge in [-0.05, 0) is 43.2 Å². The fraction of sp³-hybridized carbons (Fsp3) is 0.154. The van der Waals surface area contributed by atoms with E-state index in [0.29, 0.717) is 5.69 Å². The molecule has 0 saturated carbocycles. The van der Waals surface area contributed by atoms with Gasteiger partial charge in [-0.15, -0.1) is 0 Å². The summed E-state index contributed by atoms with van der Waals surface area (Å²) in [7, 11) is -3.75. The van der Waals surface area contributed by atoms with Gasteiger partial charge in [-0.25, -0.2) is 19.2 Å². The lowest BCUT2D eigenvalue weighted by atomic mass is 10.1. The van der Waals surface area contributed by atoms with Crippen LogP contribution in [0.3, 0.4) is 0 Å². The number of hydrazine groups is 1. The Kier molecular flexibility index (Phi) is 3.91. The molecule has 6 nitrogen and oxygen atoms in total. The molecule has 0 unspecified atom stereocenters. The van der Waals surface area contributed by atoms with Crippen LogP contribution in [0, 0.1) is 13.8 Å². The van der Waals surface area contributed by atoms with Gasteiger partial charge in [0.2, 0.25) is 0 Å². The summed E-state index contributed by atoms with van der Waals surface area (Å²) in [4.78, 5) is 3.89. The van der Waals surface area contributed by atoms with E-state index in [1.54, 1.807) is 12.1 Å². The standard InChI is InChI=1S/C13H16N4O2S/c1-9-5-6-10(2)11(8-9)17-20(18,19)12-4-3-7-15-13(12)16-14/h3-8,17H,14H2,1-2H3,(H,15,16). The molecule has 0 bridgehead atoms. The largest absolute Gasteiger partial charge is 0.307 e. The van der Waals surface area contributed by atoms with Crippen molar-refractivity contribution in [3.63, 3.8) is 0 Å². The van der Waals surface area contributed by atoms with E-state index in [1.807, 2.05) is 26.0 Å². The second-order valence-electron chi connectivity index (χ2n) is 4.42. The Bertz CT molecular complexity index is 729. The molecule has 0 saturated heterocycles. The van der Waals surface area contributed by atoms with Gasteiger partial charge in [0.05, 0.1) is 5.69 Å². The number of nitrogens with two attached hydrogens (primary N) is 1. The zero-order valence-corrected chi connectivity index (χ0v) is 12.0. The molecule has 1 aromatic carbocycles. The lowest BCUT2D eigenvalue weighted by Gasteiger charge is -2.13. The van der Waals surface area contributed by atoms with Crippen molar-refractivity contribution < 1.29 is 8.42 Å². The van der Waals surface area contributed by atoms with Crippen molar-refractivity contribution in [2.75, 3.05) is 10.1 Å². The number of hydrogen-bond donors (Lipinski definition) is 3. The van der Waals surface area contributed by atoms with Crippen LogP contribution in [0.4, 0.5) is 11.5 Å². The molecule has 0 aliphatic rings. The number of hydrogen-bond acceptors (Lipinski definition) is 5. The van der Waals surface area contributed by atoms with Crippen molar-refractivity contribution in [1.29, 1.82) is 0 Å². The van der Waals surface area contributed by atoms with E-state index in [9.17, 15) is 8.42 Å². The molecule has 0 atom stereocenters. The number of nitrogens with zero attached hydrogens (tertiary/aromatic N) is 1. The maximum absolute atomic E-state index is 12.4. The van der Waals surface area contributed by atoms with Crippen molar-refractivity contribution in [1.82, 2.24) is 4.98 Å². The van der Waals surface area contributed by atoms with E-state index >= 15 is 0 Å². The van der Waals surface area contributed by atoms with Gasteiger partial charge in [0.1, 0.15) is 4.90 Å². The SMILES string of the molecule is Cc1ccc(C)c(NS(=O)(=O)c2cccnc2NN)c1. The summed E-state index contributed by atoms with van der Waals surface area (Å²) in [5.74, 6) is 5.39. The van der Waals surface area contributed by atoms with E-state index in [2.05, 4.69) is 15.1 Å². The molecule has 0 radical (unpaired) electrons. The van der Waals surface area contributed by atoms with Crippen LogP contribution >= 0.6 is 0 Å². The third kappa shape index (κ3) is 2.89. The average molecular weight is 292 g/mol. The third-order valence-electron chi connectivity index (χ3n) is 2.83. The highest BCUT2D eigenvalue weighted by atomic mass is 32.2. The molecule has 0 fully saturated rings. The van der Waals surface area contributed by atoms with Gasteiger partial charge in [0.15, 0.2) is 5.82 Å². The number of anilines is 2. The minimum Gasteiger partial charge on any atom is -0.307 e. The van der Waals surface area contributed by atoms with Crippen LogP contribution in [0.5, 0.6) is 0 Å². The summed E-state index contributed by atoms with van der Waals surface area (Å²) in [6.45, 7) is 3.73. The topological polar surface area (TPSA) is 97.1 Å². The van der Waals surface area contributed by atoms with Crippen LogP contribution in [0.2, 0.25) is 0 Å². The highest BCUT2D eigenvalue weighted by Crippen LogP contribution is 2.23. The van der Waals surface area contributed by atoms with Crippen molar-refractivity contribution in [2.24, 2.45) is 5.84 Å². The minimum absolute atomic E-state index is 0.00315. The summed E-state index contributed by atoms with van der Waals surface area (Å²) >= 11 is 0. The van der Waals surface area contributed by atoms with Crippen LogP contribution in [0.15, 0.2) is 41.4 Å². The lowest BCUT2D eigenvalue weighted by molar-refractivity contribution is 0.601. The molecule has 4 N–H and O–H groups in total. The van der Waals surface area contributed by atoms with Gasteiger partial charge in [-0.1, -0.05) is 12.1 Å². The lowest BCUT2D eigenvalue weighted by Crippen LogP contribution is -2.19. The van der Waals surface area contributed by atoms with Crippen LogP contribution in [0.25, 0.3) is 0 Å². The van der Waals surface area contributed by atoms with Crippen LogP contribution in [-0.4, -0.2) is 13.4 Å². The van der Waals surface area contributed by atoms with E-state index in [-0.39, 0.29) is 10.7 Å². The highest BCUT2D eigenvalue weighted by Gasteiger charge is 2.19. The molecule has 106 valence electrons. The second kappa shape index (κ2) is 5.48. The zero-order chi connectivity index (χ0) is 14.8. The quantitative estimate of drug-likeness (QED) is 0.589. The van der Waals surface area contributed by atoms with Crippen molar-refractivity contribution in [3.05, 3.63) is 47.7 Å². The summed E-state index contributed by atoms with van der Waals surface area (Å²) in [5, 5.41) is 0. The van der Waals surface area contributed by atoms with E-state index < -0.39 is 10.0 Å². The zero-order valence-electron chi connectivity index (χ0n) is 11.2. The Labute approximate surface area is 118 Å².